The Balaban J connectivity index is 2.61. The molecule has 1 rings (SSSR count). The van der Waals surface area contributed by atoms with Crippen LogP contribution in [0.2, 0.25) is 0 Å². The summed E-state index contributed by atoms with van der Waals surface area (Å²) in [6.45, 7) is 6.90. The second kappa shape index (κ2) is 5.94. The predicted octanol–water partition coefficient (Wildman–Crippen LogP) is 3.16. The molecular formula is C13H19F2NO. The number of allylic oxidation sites excluding steroid dienone is 2. The molecule has 96 valence electrons. The van der Waals surface area contributed by atoms with Gasteiger partial charge in [0, 0.05) is 18.9 Å². The van der Waals surface area contributed by atoms with Crippen LogP contribution < -0.4 is 0 Å². The van der Waals surface area contributed by atoms with E-state index in [9.17, 15) is 13.6 Å². The van der Waals surface area contributed by atoms with E-state index in [2.05, 4.69) is 6.58 Å². The molecule has 0 aromatic carbocycles. The van der Waals surface area contributed by atoms with E-state index in [1.807, 2.05) is 6.92 Å². The molecule has 1 saturated heterocycles. The van der Waals surface area contributed by atoms with Crippen molar-refractivity contribution in [3.05, 3.63) is 24.1 Å². The van der Waals surface area contributed by atoms with Crippen molar-refractivity contribution in [2.24, 2.45) is 0 Å². The van der Waals surface area contributed by atoms with E-state index in [0.717, 1.165) is 6.42 Å². The lowest BCUT2D eigenvalue weighted by molar-refractivity contribution is -0.131. The Morgan fingerprint density at radius 1 is 1.59 bits per heavy atom. The van der Waals surface area contributed by atoms with Gasteiger partial charge in [-0.15, -0.1) is 0 Å². The molecule has 1 heterocycles. The van der Waals surface area contributed by atoms with Gasteiger partial charge in [-0.05, 0) is 19.4 Å². The summed E-state index contributed by atoms with van der Waals surface area (Å²) < 4.78 is 25.8. The molecule has 0 aliphatic carbocycles. The SMILES string of the molecule is C=C(F)/C=C(\C)CC(=O)N1CC(F)CC1CC. The molecule has 1 aliphatic rings. The minimum Gasteiger partial charge on any atom is -0.336 e. The van der Waals surface area contributed by atoms with E-state index in [1.54, 1.807) is 11.8 Å². The zero-order valence-electron chi connectivity index (χ0n) is 10.4. The quantitative estimate of drug-likeness (QED) is 0.694. The van der Waals surface area contributed by atoms with Crippen LogP contribution in [0.5, 0.6) is 0 Å². The standard InChI is InChI=1S/C13H19F2NO/c1-4-12-7-11(15)8-16(12)13(17)6-9(2)5-10(3)14/h5,11-12H,3-4,6-8H2,1-2H3/b9-5+. The Hall–Kier alpha value is -1.19. The number of carbonyl (C=O) groups excluding carboxylic acids is 1. The number of hydrogen-bond donors (Lipinski definition) is 0. The summed E-state index contributed by atoms with van der Waals surface area (Å²) in [7, 11) is 0. The van der Waals surface area contributed by atoms with Gasteiger partial charge in [-0.25, -0.2) is 8.78 Å². The van der Waals surface area contributed by atoms with Crippen LogP contribution in [0.1, 0.15) is 33.1 Å². The van der Waals surface area contributed by atoms with E-state index in [4.69, 9.17) is 0 Å². The molecular weight excluding hydrogens is 224 g/mol. The highest BCUT2D eigenvalue weighted by Gasteiger charge is 2.33. The van der Waals surface area contributed by atoms with Crippen LogP contribution >= 0.6 is 0 Å². The van der Waals surface area contributed by atoms with Crippen LogP contribution in [0.15, 0.2) is 24.1 Å². The van der Waals surface area contributed by atoms with Gasteiger partial charge in [0.05, 0.1) is 6.54 Å². The van der Waals surface area contributed by atoms with Crippen molar-refractivity contribution in [3.63, 3.8) is 0 Å². The summed E-state index contributed by atoms with van der Waals surface area (Å²) in [5.74, 6) is -0.695. The van der Waals surface area contributed by atoms with Gasteiger partial charge in [0.25, 0.3) is 0 Å². The molecule has 0 bridgehead atoms. The zero-order valence-corrected chi connectivity index (χ0v) is 10.4. The monoisotopic (exact) mass is 243 g/mol. The first-order valence-corrected chi connectivity index (χ1v) is 5.89. The van der Waals surface area contributed by atoms with Crippen molar-refractivity contribution in [1.82, 2.24) is 4.90 Å². The summed E-state index contributed by atoms with van der Waals surface area (Å²) in [6, 6.07) is -0.0149. The fraction of sp³-hybridized carbons (Fsp3) is 0.615. The molecule has 0 aromatic rings. The third kappa shape index (κ3) is 3.95. The van der Waals surface area contributed by atoms with Crippen LogP contribution in [0.4, 0.5) is 8.78 Å². The van der Waals surface area contributed by atoms with Gasteiger partial charge in [0.2, 0.25) is 5.91 Å². The van der Waals surface area contributed by atoms with Crippen molar-refractivity contribution in [2.75, 3.05) is 6.54 Å². The van der Waals surface area contributed by atoms with E-state index in [1.165, 1.54) is 6.08 Å². The normalized spacial score (nSPS) is 25.2. The Morgan fingerprint density at radius 3 is 2.76 bits per heavy atom. The molecule has 0 radical (unpaired) electrons. The van der Waals surface area contributed by atoms with E-state index in [0.29, 0.717) is 12.0 Å². The van der Waals surface area contributed by atoms with Crippen molar-refractivity contribution in [3.8, 4) is 0 Å². The number of carbonyl (C=O) groups is 1. The lowest BCUT2D eigenvalue weighted by atomic mass is 10.1. The number of amides is 1. The molecule has 1 amide bonds. The molecule has 0 aromatic heterocycles. The summed E-state index contributed by atoms with van der Waals surface area (Å²) in [4.78, 5) is 13.5. The molecule has 1 fully saturated rings. The first-order chi connectivity index (χ1) is 7.93. The number of rotatable bonds is 4. The Labute approximate surface area is 101 Å². The van der Waals surface area contributed by atoms with Gasteiger partial charge in [-0.1, -0.05) is 19.1 Å². The van der Waals surface area contributed by atoms with Crippen molar-refractivity contribution in [2.45, 2.75) is 45.3 Å². The second-order valence-electron chi connectivity index (χ2n) is 4.56. The van der Waals surface area contributed by atoms with Gasteiger partial charge in [-0.3, -0.25) is 4.79 Å². The van der Waals surface area contributed by atoms with E-state index in [-0.39, 0.29) is 24.9 Å². The molecule has 2 nitrogen and oxygen atoms in total. The Morgan fingerprint density at radius 2 is 2.24 bits per heavy atom. The maximum atomic E-state index is 13.2. The van der Waals surface area contributed by atoms with Crippen LogP contribution in [0, 0.1) is 0 Å². The Kier molecular flexibility index (Phi) is 4.85. The predicted molar refractivity (Wildman–Crippen MR) is 63.9 cm³/mol. The topological polar surface area (TPSA) is 20.3 Å². The van der Waals surface area contributed by atoms with Crippen molar-refractivity contribution < 1.29 is 13.6 Å². The average Bonchev–Trinajstić information content (AvgIpc) is 2.58. The third-order valence-electron chi connectivity index (χ3n) is 2.99. The minimum atomic E-state index is -0.927. The summed E-state index contributed by atoms with van der Waals surface area (Å²) in [6.07, 6.45) is 1.61. The number of alkyl halides is 1. The highest BCUT2D eigenvalue weighted by atomic mass is 19.1. The number of likely N-dealkylation sites (tertiary alicyclic amines) is 1. The summed E-state index contributed by atoms with van der Waals surface area (Å²) >= 11 is 0. The summed E-state index contributed by atoms with van der Waals surface area (Å²) in [5.41, 5.74) is 0.611. The Bertz CT molecular complexity index is 338. The van der Waals surface area contributed by atoms with Crippen LogP contribution in [-0.4, -0.2) is 29.6 Å². The number of hydrogen-bond acceptors (Lipinski definition) is 1. The third-order valence-corrected chi connectivity index (χ3v) is 2.99. The lowest BCUT2D eigenvalue weighted by Crippen LogP contribution is -2.35. The molecule has 2 unspecified atom stereocenters. The van der Waals surface area contributed by atoms with Gasteiger partial charge in [0.15, 0.2) is 0 Å². The molecule has 0 saturated carbocycles. The molecule has 0 spiro atoms. The largest absolute Gasteiger partial charge is 0.336 e. The average molecular weight is 243 g/mol. The van der Waals surface area contributed by atoms with E-state index < -0.39 is 12.0 Å². The zero-order chi connectivity index (χ0) is 13.0. The maximum Gasteiger partial charge on any atom is 0.227 e. The number of halogens is 2. The second-order valence-corrected chi connectivity index (χ2v) is 4.56. The van der Waals surface area contributed by atoms with Crippen molar-refractivity contribution in [1.29, 1.82) is 0 Å². The lowest BCUT2D eigenvalue weighted by Gasteiger charge is -2.23. The van der Waals surface area contributed by atoms with Crippen LogP contribution in [0.25, 0.3) is 0 Å². The first kappa shape index (κ1) is 13.9. The highest BCUT2D eigenvalue weighted by molar-refractivity contribution is 5.79. The van der Waals surface area contributed by atoms with Crippen molar-refractivity contribution >= 4 is 5.91 Å². The van der Waals surface area contributed by atoms with Crippen LogP contribution in [-0.2, 0) is 4.79 Å². The molecule has 2 atom stereocenters. The first-order valence-electron chi connectivity index (χ1n) is 5.89. The van der Waals surface area contributed by atoms with Gasteiger partial charge in [0.1, 0.15) is 12.0 Å². The van der Waals surface area contributed by atoms with Gasteiger partial charge in [-0.2, -0.15) is 0 Å². The molecule has 0 N–H and O–H groups in total. The highest BCUT2D eigenvalue weighted by Crippen LogP contribution is 2.24. The van der Waals surface area contributed by atoms with E-state index >= 15 is 0 Å². The maximum absolute atomic E-state index is 13.2. The number of nitrogens with zero attached hydrogens (tertiary/aromatic N) is 1. The fourth-order valence-electron chi connectivity index (χ4n) is 2.21. The molecule has 4 heteroatoms. The van der Waals surface area contributed by atoms with Gasteiger partial charge < -0.3 is 4.90 Å². The molecule has 17 heavy (non-hydrogen) atoms. The van der Waals surface area contributed by atoms with Crippen LogP contribution in [0.3, 0.4) is 0 Å². The smallest absolute Gasteiger partial charge is 0.227 e. The summed E-state index contributed by atoms with van der Waals surface area (Å²) in [5, 5.41) is 0. The minimum absolute atomic E-state index is 0.0149. The molecule has 1 aliphatic heterocycles. The van der Waals surface area contributed by atoms with Gasteiger partial charge >= 0.3 is 0 Å². The fourth-order valence-corrected chi connectivity index (χ4v) is 2.21.